The summed E-state index contributed by atoms with van der Waals surface area (Å²) in [5.41, 5.74) is 0. The Morgan fingerprint density at radius 3 is 2.08 bits per heavy atom. The van der Waals surface area contributed by atoms with Crippen molar-refractivity contribution in [2.24, 2.45) is 0 Å². The topological polar surface area (TPSA) is 60.9 Å². The van der Waals surface area contributed by atoms with Crippen LogP contribution >= 0.6 is 0 Å². The zero-order chi connectivity index (χ0) is 9.72. The van der Waals surface area contributed by atoms with Crippen LogP contribution in [0.5, 0.6) is 0 Å². The van der Waals surface area contributed by atoms with E-state index in [1.807, 2.05) is 0 Å². The lowest BCUT2D eigenvalue weighted by Gasteiger charge is -2.20. The Hall–Kier alpha value is -1.26. The van der Waals surface area contributed by atoms with E-state index < -0.39 is 5.97 Å². The SMILES string of the molecule is CN(C)C(=O)N(C)CCC(=O)O. The number of nitrogens with zero attached hydrogens (tertiary/aromatic N) is 2. The lowest BCUT2D eigenvalue weighted by atomic mass is 10.4. The first kappa shape index (κ1) is 10.7. The van der Waals surface area contributed by atoms with E-state index in [1.165, 1.54) is 9.80 Å². The summed E-state index contributed by atoms with van der Waals surface area (Å²) < 4.78 is 0. The third-order valence-electron chi connectivity index (χ3n) is 1.37. The van der Waals surface area contributed by atoms with E-state index in [0.29, 0.717) is 0 Å². The van der Waals surface area contributed by atoms with Gasteiger partial charge in [-0.2, -0.15) is 0 Å². The number of carbonyl (C=O) groups excluding carboxylic acids is 1. The van der Waals surface area contributed by atoms with Crippen LogP contribution in [0.15, 0.2) is 0 Å². The summed E-state index contributed by atoms with van der Waals surface area (Å²) in [5.74, 6) is -0.895. The molecule has 0 bridgehead atoms. The molecule has 0 fully saturated rings. The second-order valence-corrected chi connectivity index (χ2v) is 2.74. The van der Waals surface area contributed by atoms with Crippen molar-refractivity contribution in [2.75, 3.05) is 27.7 Å². The van der Waals surface area contributed by atoms with Crippen molar-refractivity contribution in [2.45, 2.75) is 6.42 Å². The van der Waals surface area contributed by atoms with Gasteiger partial charge in [0.05, 0.1) is 6.42 Å². The molecule has 0 aliphatic heterocycles. The van der Waals surface area contributed by atoms with Crippen molar-refractivity contribution in [3.8, 4) is 0 Å². The molecule has 0 aromatic heterocycles. The number of hydrogen-bond donors (Lipinski definition) is 1. The van der Waals surface area contributed by atoms with Crippen LogP contribution in [0.1, 0.15) is 6.42 Å². The first-order chi connectivity index (χ1) is 5.45. The van der Waals surface area contributed by atoms with Gasteiger partial charge in [0.25, 0.3) is 0 Å². The first-order valence-corrected chi connectivity index (χ1v) is 3.59. The van der Waals surface area contributed by atoms with E-state index >= 15 is 0 Å². The molecule has 5 nitrogen and oxygen atoms in total. The summed E-state index contributed by atoms with van der Waals surface area (Å²) >= 11 is 0. The average Bonchev–Trinajstić information content (AvgIpc) is 1.98. The first-order valence-electron chi connectivity index (χ1n) is 3.59. The monoisotopic (exact) mass is 174 g/mol. The van der Waals surface area contributed by atoms with E-state index in [4.69, 9.17) is 5.11 Å². The summed E-state index contributed by atoms with van der Waals surface area (Å²) in [6.45, 7) is 0.242. The van der Waals surface area contributed by atoms with Gasteiger partial charge in [-0.05, 0) is 0 Å². The van der Waals surface area contributed by atoms with Crippen molar-refractivity contribution in [3.63, 3.8) is 0 Å². The quantitative estimate of drug-likeness (QED) is 0.658. The van der Waals surface area contributed by atoms with Crippen LogP contribution in [0.3, 0.4) is 0 Å². The highest BCUT2D eigenvalue weighted by Gasteiger charge is 2.10. The number of amides is 2. The van der Waals surface area contributed by atoms with Crippen LogP contribution in [-0.2, 0) is 4.79 Å². The van der Waals surface area contributed by atoms with E-state index in [0.717, 1.165) is 0 Å². The number of urea groups is 1. The molecule has 0 saturated heterocycles. The normalized spacial score (nSPS) is 9.25. The minimum absolute atomic E-state index is 0.0178. The van der Waals surface area contributed by atoms with Crippen molar-refractivity contribution >= 4 is 12.0 Å². The third-order valence-corrected chi connectivity index (χ3v) is 1.37. The minimum atomic E-state index is -0.895. The largest absolute Gasteiger partial charge is 0.481 e. The van der Waals surface area contributed by atoms with Crippen LogP contribution in [-0.4, -0.2) is 54.6 Å². The van der Waals surface area contributed by atoms with Gasteiger partial charge in [0, 0.05) is 27.7 Å². The third kappa shape index (κ3) is 3.80. The van der Waals surface area contributed by atoms with Crippen molar-refractivity contribution < 1.29 is 14.7 Å². The molecule has 0 aliphatic carbocycles. The molecule has 5 heteroatoms. The van der Waals surface area contributed by atoms with Crippen LogP contribution < -0.4 is 0 Å². The fraction of sp³-hybridized carbons (Fsp3) is 0.714. The maximum Gasteiger partial charge on any atom is 0.319 e. The predicted octanol–water partition coefficient (Wildman–Crippen LogP) is 0.0745. The number of aliphatic carboxylic acids is 1. The molecule has 0 aromatic rings. The summed E-state index contributed by atoms with van der Waals surface area (Å²) in [7, 11) is 4.82. The van der Waals surface area contributed by atoms with E-state index in [9.17, 15) is 9.59 Å². The molecule has 0 radical (unpaired) electrons. The van der Waals surface area contributed by atoms with Crippen molar-refractivity contribution in [1.82, 2.24) is 9.80 Å². The fourth-order valence-corrected chi connectivity index (χ4v) is 0.700. The Labute approximate surface area is 71.6 Å². The molecule has 0 saturated carbocycles. The maximum atomic E-state index is 11.1. The summed E-state index contributed by atoms with van der Waals surface area (Å²) in [6, 6.07) is -0.184. The Morgan fingerprint density at radius 2 is 1.75 bits per heavy atom. The van der Waals surface area contributed by atoms with Gasteiger partial charge in [0.1, 0.15) is 0 Å². The fourth-order valence-electron chi connectivity index (χ4n) is 0.700. The number of hydrogen-bond acceptors (Lipinski definition) is 2. The van der Waals surface area contributed by atoms with E-state index in [1.54, 1.807) is 21.1 Å². The highest BCUT2D eigenvalue weighted by atomic mass is 16.4. The summed E-state index contributed by atoms with van der Waals surface area (Å²) in [4.78, 5) is 24.0. The van der Waals surface area contributed by atoms with Gasteiger partial charge in [-0.3, -0.25) is 4.79 Å². The molecule has 12 heavy (non-hydrogen) atoms. The molecule has 0 unspecified atom stereocenters. The lowest BCUT2D eigenvalue weighted by Crippen LogP contribution is -2.37. The highest BCUT2D eigenvalue weighted by molar-refractivity contribution is 5.74. The van der Waals surface area contributed by atoms with Gasteiger partial charge >= 0.3 is 12.0 Å². The molecule has 0 aromatic carbocycles. The zero-order valence-corrected chi connectivity index (χ0v) is 7.57. The minimum Gasteiger partial charge on any atom is -0.481 e. The van der Waals surface area contributed by atoms with Gasteiger partial charge < -0.3 is 14.9 Å². The molecule has 1 N–H and O–H groups in total. The van der Waals surface area contributed by atoms with Crippen LogP contribution in [0.4, 0.5) is 4.79 Å². The van der Waals surface area contributed by atoms with Crippen molar-refractivity contribution in [3.05, 3.63) is 0 Å². The molecule has 0 rings (SSSR count). The Morgan fingerprint density at radius 1 is 1.25 bits per heavy atom. The van der Waals surface area contributed by atoms with Crippen LogP contribution in [0, 0.1) is 0 Å². The number of carboxylic acid groups (broad SMARTS) is 1. The Kier molecular flexibility index (Phi) is 4.10. The number of carboxylic acids is 1. The smallest absolute Gasteiger partial charge is 0.319 e. The average molecular weight is 174 g/mol. The van der Waals surface area contributed by atoms with E-state index in [2.05, 4.69) is 0 Å². The lowest BCUT2D eigenvalue weighted by molar-refractivity contribution is -0.137. The molecular weight excluding hydrogens is 160 g/mol. The second-order valence-electron chi connectivity index (χ2n) is 2.74. The Balaban J connectivity index is 3.79. The van der Waals surface area contributed by atoms with Crippen LogP contribution in [0.2, 0.25) is 0 Å². The standard InChI is InChI=1S/C7H14N2O3/c1-8(2)7(12)9(3)5-4-6(10)11/h4-5H2,1-3H3,(H,10,11). The molecule has 0 atom stereocenters. The molecule has 0 spiro atoms. The molecule has 2 amide bonds. The number of rotatable bonds is 3. The number of carbonyl (C=O) groups is 2. The summed E-state index contributed by atoms with van der Waals surface area (Å²) in [5, 5.41) is 8.33. The summed E-state index contributed by atoms with van der Waals surface area (Å²) in [6.07, 6.45) is -0.0178. The predicted molar refractivity (Wildman–Crippen MR) is 44.0 cm³/mol. The molecule has 0 heterocycles. The maximum absolute atomic E-state index is 11.1. The van der Waals surface area contributed by atoms with Gasteiger partial charge in [-0.1, -0.05) is 0 Å². The Bertz CT molecular complexity index is 179. The van der Waals surface area contributed by atoms with Gasteiger partial charge in [-0.25, -0.2) is 4.79 Å². The van der Waals surface area contributed by atoms with Gasteiger partial charge in [0.15, 0.2) is 0 Å². The van der Waals surface area contributed by atoms with Crippen LogP contribution in [0.25, 0.3) is 0 Å². The highest BCUT2D eigenvalue weighted by Crippen LogP contribution is 1.92. The molecule has 70 valence electrons. The van der Waals surface area contributed by atoms with Gasteiger partial charge in [0.2, 0.25) is 0 Å². The second kappa shape index (κ2) is 4.58. The molecule has 0 aliphatic rings. The van der Waals surface area contributed by atoms with E-state index in [-0.39, 0.29) is 19.0 Å². The molecular formula is C7H14N2O3. The van der Waals surface area contributed by atoms with Gasteiger partial charge in [-0.15, -0.1) is 0 Å². The van der Waals surface area contributed by atoms with Crippen molar-refractivity contribution in [1.29, 1.82) is 0 Å². The zero-order valence-electron chi connectivity index (χ0n) is 7.57.